The van der Waals surface area contributed by atoms with Crippen LogP contribution in [0.5, 0.6) is 0 Å². The average molecular weight is 502 g/mol. The number of aromatic nitrogens is 1. The summed E-state index contributed by atoms with van der Waals surface area (Å²) in [6, 6.07) is 7.20. The SMILES string of the molecule is FC(F)(F)OC1=CC=C(N(CCN2CCOCC2)c2cc(Cl)c3cccc(Cl)c3n2)CCC1. The molecule has 10 heteroatoms. The highest BCUT2D eigenvalue weighted by atomic mass is 35.5. The maximum atomic E-state index is 12.7. The van der Waals surface area contributed by atoms with Crippen LogP contribution in [0.1, 0.15) is 19.3 Å². The van der Waals surface area contributed by atoms with Gasteiger partial charge in [0.1, 0.15) is 11.6 Å². The van der Waals surface area contributed by atoms with E-state index in [1.54, 1.807) is 18.2 Å². The van der Waals surface area contributed by atoms with Crippen LogP contribution in [0.15, 0.2) is 47.9 Å². The van der Waals surface area contributed by atoms with Gasteiger partial charge >= 0.3 is 6.36 Å². The Morgan fingerprint density at radius 2 is 1.88 bits per heavy atom. The van der Waals surface area contributed by atoms with Crippen molar-refractivity contribution in [3.8, 4) is 0 Å². The van der Waals surface area contributed by atoms with E-state index in [1.807, 2.05) is 17.0 Å². The molecule has 1 aromatic heterocycles. The van der Waals surface area contributed by atoms with Crippen molar-refractivity contribution in [2.45, 2.75) is 25.6 Å². The third-order valence-electron chi connectivity index (χ3n) is 5.66. The van der Waals surface area contributed by atoms with Gasteiger partial charge in [-0.15, -0.1) is 13.2 Å². The van der Waals surface area contributed by atoms with Crippen molar-refractivity contribution in [2.75, 3.05) is 44.3 Å². The number of alkyl halides is 3. The Hall–Kier alpha value is -2.00. The number of para-hydroxylation sites is 1. The molecule has 178 valence electrons. The van der Waals surface area contributed by atoms with Crippen LogP contribution in [0.25, 0.3) is 10.9 Å². The van der Waals surface area contributed by atoms with Crippen molar-refractivity contribution in [1.82, 2.24) is 9.88 Å². The zero-order valence-corrected chi connectivity index (χ0v) is 19.4. The monoisotopic (exact) mass is 501 g/mol. The summed E-state index contributed by atoms with van der Waals surface area (Å²) in [6.07, 6.45) is -0.333. The predicted molar refractivity (Wildman–Crippen MR) is 124 cm³/mol. The van der Waals surface area contributed by atoms with E-state index >= 15 is 0 Å². The van der Waals surface area contributed by atoms with Gasteiger partial charge in [-0.1, -0.05) is 35.3 Å². The van der Waals surface area contributed by atoms with Gasteiger partial charge in [-0.05, 0) is 31.1 Å². The third-order valence-corrected chi connectivity index (χ3v) is 6.28. The second kappa shape index (κ2) is 10.5. The summed E-state index contributed by atoms with van der Waals surface area (Å²) >= 11 is 13.0. The highest BCUT2D eigenvalue weighted by Crippen LogP contribution is 2.34. The highest BCUT2D eigenvalue weighted by Gasteiger charge is 2.32. The molecule has 1 aliphatic carbocycles. The Balaban J connectivity index is 1.67. The van der Waals surface area contributed by atoms with Crippen molar-refractivity contribution in [3.63, 3.8) is 0 Å². The molecule has 0 atom stereocenters. The molecule has 5 nitrogen and oxygen atoms in total. The van der Waals surface area contributed by atoms with E-state index < -0.39 is 6.36 Å². The molecule has 2 aliphatic rings. The normalized spacial score (nSPS) is 18.0. The first-order valence-electron chi connectivity index (χ1n) is 10.8. The molecule has 1 aliphatic heterocycles. The quantitative estimate of drug-likeness (QED) is 0.473. The maximum absolute atomic E-state index is 12.7. The summed E-state index contributed by atoms with van der Waals surface area (Å²) in [5.74, 6) is 0.506. The number of hydrogen-bond donors (Lipinski definition) is 0. The molecule has 0 unspecified atom stereocenters. The van der Waals surface area contributed by atoms with E-state index in [0.717, 1.165) is 30.7 Å². The van der Waals surface area contributed by atoms with E-state index in [0.29, 0.717) is 54.0 Å². The second-order valence-corrected chi connectivity index (χ2v) is 8.71. The molecule has 0 spiro atoms. The van der Waals surface area contributed by atoms with Crippen molar-refractivity contribution >= 4 is 39.9 Å². The number of fused-ring (bicyclic) bond motifs is 1. The van der Waals surface area contributed by atoms with E-state index in [2.05, 4.69) is 9.64 Å². The average Bonchev–Trinajstić information content (AvgIpc) is 3.00. The van der Waals surface area contributed by atoms with Crippen molar-refractivity contribution < 1.29 is 22.6 Å². The molecule has 0 N–H and O–H groups in total. The molecule has 33 heavy (non-hydrogen) atoms. The maximum Gasteiger partial charge on any atom is 0.572 e. The summed E-state index contributed by atoms with van der Waals surface area (Å²) in [4.78, 5) is 9.08. The Kier molecular flexibility index (Phi) is 7.69. The number of rotatable bonds is 6. The number of halogens is 5. The second-order valence-electron chi connectivity index (χ2n) is 7.90. The van der Waals surface area contributed by atoms with Crippen LogP contribution in [0.2, 0.25) is 10.0 Å². The first kappa shape index (κ1) is 24.1. The lowest BCUT2D eigenvalue weighted by Gasteiger charge is -2.32. The largest absolute Gasteiger partial charge is 0.572 e. The fraction of sp³-hybridized carbons (Fsp3) is 0.435. The van der Waals surface area contributed by atoms with E-state index in [9.17, 15) is 13.2 Å². The molecular formula is C23H24Cl2F3N3O2. The zero-order valence-electron chi connectivity index (χ0n) is 17.9. The Bertz CT molecular complexity index is 1050. The minimum absolute atomic E-state index is 0.0989. The van der Waals surface area contributed by atoms with Crippen LogP contribution in [0.4, 0.5) is 19.0 Å². The molecule has 1 saturated heterocycles. The third kappa shape index (κ3) is 6.32. The number of allylic oxidation sites excluding steroid dienone is 4. The van der Waals surface area contributed by atoms with Crippen LogP contribution in [0, 0.1) is 0 Å². The molecule has 1 aromatic carbocycles. The number of hydrogen-bond acceptors (Lipinski definition) is 5. The Labute approximate surface area is 200 Å². The molecular weight excluding hydrogens is 478 g/mol. The molecule has 0 bridgehead atoms. The predicted octanol–water partition coefficient (Wildman–Crippen LogP) is 6.17. The summed E-state index contributed by atoms with van der Waals surface area (Å²) in [5, 5.41) is 1.75. The lowest BCUT2D eigenvalue weighted by atomic mass is 10.1. The standard InChI is InChI=1S/C23H24Cl2F3N3O2/c24-19-6-2-5-18-20(25)15-21(29-22(18)19)31(10-9-30-11-13-32-14-12-30)16-3-1-4-17(8-7-16)33-23(26,27)28/h2,5-8,15H,1,3-4,9-14H2. The lowest BCUT2D eigenvalue weighted by Crippen LogP contribution is -2.41. The van der Waals surface area contributed by atoms with Gasteiger partial charge in [0, 0.05) is 49.7 Å². The van der Waals surface area contributed by atoms with Gasteiger partial charge in [-0.2, -0.15) is 0 Å². The van der Waals surface area contributed by atoms with Gasteiger partial charge in [0.2, 0.25) is 0 Å². The fourth-order valence-corrected chi connectivity index (χ4v) is 4.49. The van der Waals surface area contributed by atoms with Crippen LogP contribution in [-0.4, -0.2) is 55.6 Å². The summed E-state index contributed by atoms with van der Waals surface area (Å²) in [6.45, 7) is 4.35. The number of nitrogens with zero attached hydrogens (tertiary/aromatic N) is 3. The molecule has 1 fully saturated rings. The summed E-state index contributed by atoms with van der Waals surface area (Å²) in [5.41, 5.74) is 1.43. The first-order valence-corrected chi connectivity index (χ1v) is 11.5. The van der Waals surface area contributed by atoms with Gasteiger partial charge in [-0.25, -0.2) is 4.98 Å². The van der Waals surface area contributed by atoms with Crippen LogP contribution < -0.4 is 4.90 Å². The summed E-state index contributed by atoms with van der Waals surface area (Å²) < 4.78 is 47.7. The number of pyridine rings is 1. The number of anilines is 1. The van der Waals surface area contributed by atoms with Crippen molar-refractivity contribution in [2.24, 2.45) is 0 Å². The van der Waals surface area contributed by atoms with E-state index in [-0.39, 0.29) is 12.2 Å². The molecule has 4 rings (SSSR count). The molecule has 0 radical (unpaired) electrons. The minimum atomic E-state index is -4.70. The fourth-order valence-electron chi connectivity index (χ4n) is 4.03. The molecule has 0 saturated carbocycles. The summed E-state index contributed by atoms with van der Waals surface area (Å²) in [7, 11) is 0. The molecule has 2 aromatic rings. The van der Waals surface area contributed by atoms with Gasteiger partial charge in [0.15, 0.2) is 0 Å². The highest BCUT2D eigenvalue weighted by molar-refractivity contribution is 6.39. The Morgan fingerprint density at radius 1 is 1.09 bits per heavy atom. The van der Waals surface area contributed by atoms with E-state index in [4.69, 9.17) is 32.9 Å². The smallest absolute Gasteiger partial charge is 0.410 e. The molecule has 0 amide bonds. The zero-order chi connectivity index (χ0) is 23.4. The van der Waals surface area contributed by atoms with Crippen LogP contribution in [0.3, 0.4) is 0 Å². The minimum Gasteiger partial charge on any atom is -0.410 e. The van der Waals surface area contributed by atoms with Gasteiger partial charge < -0.3 is 14.4 Å². The van der Waals surface area contributed by atoms with Crippen LogP contribution >= 0.6 is 23.2 Å². The number of ether oxygens (including phenoxy) is 2. The molecule has 2 heterocycles. The van der Waals surface area contributed by atoms with Gasteiger partial charge in [0.05, 0.1) is 28.8 Å². The first-order chi connectivity index (χ1) is 15.8. The van der Waals surface area contributed by atoms with Crippen LogP contribution in [-0.2, 0) is 9.47 Å². The van der Waals surface area contributed by atoms with Gasteiger partial charge in [-0.3, -0.25) is 4.90 Å². The van der Waals surface area contributed by atoms with Crippen molar-refractivity contribution in [3.05, 3.63) is 57.9 Å². The Morgan fingerprint density at radius 3 is 2.64 bits per heavy atom. The van der Waals surface area contributed by atoms with Gasteiger partial charge in [0.25, 0.3) is 0 Å². The lowest BCUT2D eigenvalue weighted by molar-refractivity contribution is -0.306. The number of benzene rings is 1. The number of morpholine rings is 1. The topological polar surface area (TPSA) is 37.8 Å². The van der Waals surface area contributed by atoms with Crippen molar-refractivity contribution in [1.29, 1.82) is 0 Å². The van der Waals surface area contributed by atoms with E-state index in [1.165, 1.54) is 6.08 Å².